The standard InChI is InChI=1S/C19H20N2O4/c22-17-18(23)21(19(24)25-14-16-9-5-2-6-10-16)12-11-20(17)13-15-7-3-1-4-8-15/h1-10,18,23H,11-14H2. The summed E-state index contributed by atoms with van der Waals surface area (Å²) in [7, 11) is 0. The molecule has 0 aliphatic carbocycles. The van der Waals surface area contributed by atoms with Crippen molar-refractivity contribution in [3.63, 3.8) is 0 Å². The van der Waals surface area contributed by atoms with Gasteiger partial charge in [0.2, 0.25) is 6.23 Å². The highest BCUT2D eigenvalue weighted by molar-refractivity contribution is 5.85. The van der Waals surface area contributed by atoms with Crippen LogP contribution in [0.4, 0.5) is 4.79 Å². The molecule has 0 aromatic heterocycles. The van der Waals surface area contributed by atoms with Gasteiger partial charge < -0.3 is 14.7 Å². The summed E-state index contributed by atoms with van der Waals surface area (Å²) in [6, 6.07) is 18.8. The zero-order chi connectivity index (χ0) is 17.6. The Morgan fingerprint density at radius 2 is 1.60 bits per heavy atom. The molecule has 1 saturated heterocycles. The van der Waals surface area contributed by atoms with Gasteiger partial charge in [-0.2, -0.15) is 0 Å². The molecule has 0 bridgehead atoms. The molecule has 1 atom stereocenters. The van der Waals surface area contributed by atoms with E-state index in [1.165, 1.54) is 0 Å². The van der Waals surface area contributed by atoms with Crippen LogP contribution in [0, 0.1) is 0 Å². The number of ether oxygens (including phenoxy) is 1. The largest absolute Gasteiger partial charge is 0.444 e. The van der Waals surface area contributed by atoms with Crippen LogP contribution in [0.25, 0.3) is 0 Å². The second-order valence-corrected chi connectivity index (χ2v) is 5.85. The number of amides is 2. The number of nitrogens with zero attached hydrogens (tertiary/aromatic N) is 2. The number of piperazine rings is 1. The molecule has 1 N–H and O–H groups in total. The van der Waals surface area contributed by atoms with Gasteiger partial charge in [-0.25, -0.2) is 4.79 Å². The number of rotatable bonds is 4. The molecule has 1 heterocycles. The number of hydrogen-bond acceptors (Lipinski definition) is 4. The highest BCUT2D eigenvalue weighted by Crippen LogP contribution is 2.15. The van der Waals surface area contributed by atoms with Crippen molar-refractivity contribution in [2.24, 2.45) is 0 Å². The molecule has 3 rings (SSSR count). The first-order valence-corrected chi connectivity index (χ1v) is 8.13. The molecule has 1 unspecified atom stereocenters. The predicted octanol–water partition coefficient (Wildman–Crippen LogP) is 1.99. The third-order valence-electron chi connectivity index (χ3n) is 4.09. The molecule has 6 heteroatoms. The minimum atomic E-state index is -1.51. The lowest BCUT2D eigenvalue weighted by Crippen LogP contribution is -2.58. The summed E-state index contributed by atoms with van der Waals surface area (Å²) in [5.74, 6) is -0.494. The van der Waals surface area contributed by atoms with Crippen LogP contribution in [0.1, 0.15) is 11.1 Å². The third kappa shape index (κ3) is 4.16. The van der Waals surface area contributed by atoms with Crippen molar-refractivity contribution in [3.8, 4) is 0 Å². The van der Waals surface area contributed by atoms with E-state index in [-0.39, 0.29) is 13.2 Å². The van der Waals surface area contributed by atoms with Gasteiger partial charge in [-0.3, -0.25) is 9.69 Å². The maximum absolute atomic E-state index is 12.3. The fourth-order valence-corrected chi connectivity index (χ4v) is 2.71. The van der Waals surface area contributed by atoms with E-state index in [9.17, 15) is 14.7 Å². The first-order chi connectivity index (χ1) is 12.1. The average molecular weight is 340 g/mol. The number of aliphatic hydroxyl groups excluding tert-OH is 1. The molecule has 130 valence electrons. The van der Waals surface area contributed by atoms with E-state index in [1.54, 1.807) is 4.90 Å². The summed E-state index contributed by atoms with van der Waals surface area (Å²) in [4.78, 5) is 27.1. The topological polar surface area (TPSA) is 70.1 Å². The molecule has 0 spiro atoms. The Kier molecular flexibility index (Phi) is 5.30. The van der Waals surface area contributed by atoms with E-state index in [0.29, 0.717) is 13.1 Å². The van der Waals surface area contributed by atoms with Crippen molar-refractivity contribution in [2.45, 2.75) is 19.4 Å². The van der Waals surface area contributed by atoms with Gasteiger partial charge in [-0.05, 0) is 11.1 Å². The number of benzene rings is 2. The van der Waals surface area contributed by atoms with E-state index < -0.39 is 18.2 Å². The molecule has 2 aromatic rings. The maximum atomic E-state index is 12.3. The van der Waals surface area contributed by atoms with Crippen molar-refractivity contribution in [1.29, 1.82) is 0 Å². The summed E-state index contributed by atoms with van der Waals surface area (Å²) >= 11 is 0. The van der Waals surface area contributed by atoms with Crippen LogP contribution in [0.5, 0.6) is 0 Å². The zero-order valence-corrected chi connectivity index (χ0v) is 13.7. The Labute approximate surface area is 146 Å². The minimum absolute atomic E-state index is 0.102. The number of carbonyl (C=O) groups is 2. The maximum Gasteiger partial charge on any atom is 0.412 e. The highest BCUT2D eigenvalue weighted by atomic mass is 16.6. The molecular weight excluding hydrogens is 320 g/mol. The van der Waals surface area contributed by atoms with Gasteiger partial charge in [0.15, 0.2) is 0 Å². The summed E-state index contributed by atoms with van der Waals surface area (Å²) in [5, 5.41) is 10.2. The van der Waals surface area contributed by atoms with E-state index in [1.807, 2.05) is 60.7 Å². The monoisotopic (exact) mass is 340 g/mol. The number of carbonyl (C=O) groups excluding carboxylic acids is 2. The van der Waals surface area contributed by atoms with E-state index in [0.717, 1.165) is 16.0 Å². The Hall–Kier alpha value is -2.86. The van der Waals surface area contributed by atoms with Crippen LogP contribution >= 0.6 is 0 Å². The minimum Gasteiger partial charge on any atom is -0.444 e. The number of aliphatic hydroxyl groups is 1. The van der Waals surface area contributed by atoms with Crippen molar-refractivity contribution in [3.05, 3.63) is 71.8 Å². The van der Waals surface area contributed by atoms with Gasteiger partial charge in [0.1, 0.15) is 6.61 Å². The summed E-state index contributed by atoms with van der Waals surface area (Å²) in [5.41, 5.74) is 1.82. The van der Waals surface area contributed by atoms with Crippen LogP contribution in [0.3, 0.4) is 0 Å². The Morgan fingerprint density at radius 1 is 1.00 bits per heavy atom. The number of hydrogen-bond donors (Lipinski definition) is 1. The third-order valence-corrected chi connectivity index (χ3v) is 4.09. The summed E-state index contributed by atoms with van der Waals surface area (Å²) in [6.07, 6.45) is -2.20. The molecule has 2 aromatic carbocycles. The van der Waals surface area contributed by atoms with Crippen molar-refractivity contribution in [2.75, 3.05) is 13.1 Å². The van der Waals surface area contributed by atoms with Crippen LogP contribution in [0.2, 0.25) is 0 Å². The second kappa shape index (κ2) is 7.81. The van der Waals surface area contributed by atoms with Crippen molar-refractivity contribution >= 4 is 12.0 Å². The van der Waals surface area contributed by atoms with Gasteiger partial charge in [-0.1, -0.05) is 60.7 Å². The molecule has 0 radical (unpaired) electrons. The first-order valence-electron chi connectivity index (χ1n) is 8.13. The quantitative estimate of drug-likeness (QED) is 0.924. The summed E-state index contributed by atoms with van der Waals surface area (Å²) in [6.45, 7) is 1.09. The zero-order valence-electron chi connectivity index (χ0n) is 13.7. The second-order valence-electron chi connectivity index (χ2n) is 5.85. The van der Waals surface area contributed by atoms with Crippen LogP contribution in [0.15, 0.2) is 60.7 Å². The Morgan fingerprint density at radius 3 is 2.24 bits per heavy atom. The van der Waals surface area contributed by atoms with Crippen molar-refractivity contribution < 1.29 is 19.4 Å². The summed E-state index contributed by atoms with van der Waals surface area (Å²) < 4.78 is 5.20. The smallest absolute Gasteiger partial charge is 0.412 e. The van der Waals surface area contributed by atoms with Gasteiger partial charge in [0.05, 0.1) is 0 Å². The van der Waals surface area contributed by atoms with Gasteiger partial charge in [-0.15, -0.1) is 0 Å². The molecular formula is C19H20N2O4. The molecule has 1 fully saturated rings. The predicted molar refractivity (Wildman–Crippen MR) is 91.2 cm³/mol. The van der Waals surface area contributed by atoms with Crippen LogP contribution < -0.4 is 0 Å². The van der Waals surface area contributed by atoms with Crippen molar-refractivity contribution in [1.82, 2.24) is 9.80 Å². The van der Waals surface area contributed by atoms with E-state index in [2.05, 4.69) is 0 Å². The fraction of sp³-hybridized carbons (Fsp3) is 0.263. The lowest BCUT2D eigenvalue weighted by molar-refractivity contribution is -0.156. The SMILES string of the molecule is O=C1C(O)N(C(=O)OCc2ccccc2)CCN1Cc1ccccc1. The Balaban J connectivity index is 1.56. The fourth-order valence-electron chi connectivity index (χ4n) is 2.71. The highest BCUT2D eigenvalue weighted by Gasteiger charge is 2.36. The molecule has 0 saturated carbocycles. The van der Waals surface area contributed by atoms with E-state index >= 15 is 0 Å². The van der Waals surface area contributed by atoms with E-state index in [4.69, 9.17) is 4.74 Å². The van der Waals surface area contributed by atoms with Gasteiger partial charge in [0.25, 0.3) is 5.91 Å². The molecule has 1 aliphatic heterocycles. The van der Waals surface area contributed by atoms with Gasteiger partial charge >= 0.3 is 6.09 Å². The lowest BCUT2D eigenvalue weighted by atomic mass is 10.2. The molecule has 2 amide bonds. The van der Waals surface area contributed by atoms with Gasteiger partial charge in [0, 0.05) is 19.6 Å². The first kappa shape index (κ1) is 17.0. The molecule has 1 aliphatic rings. The van der Waals surface area contributed by atoms with Crippen LogP contribution in [-0.4, -0.2) is 46.2 Å². The van der Waals surface area contributed by atoms with Crippen LogP contribution in [-0.2, 0) is 22.7 Å². The normalized spacial score (nSPS) is 17.5. The lowest BCUT2D eigenvalue weighted by Gasteiger charge is -2.37. The molecule has 25 heavy (non-hydrogen) atoms. The Bertz CT molecular complexity index is 721. The molecule has 6 nitrogen and oxygen atoms in total. The average Bonchev–Trinajstić information content (AvgIpc) is 2.65.